The van der Waals surface area contributed by atoms with E-state index in [1.807, 2.05) is 30.3 Å². The zero-order chi connectivity index (χ0) is 12.1. The first-order valence-electron chi connectivity index (χ1n) is 5.16. The topological polar surface area (TPSA) is 66.9 Å². The van der Waals surface area contributed by atoms with Crippen LogP contribution in [-0.2, 0) is 0 Å². The molecule has 5 heteroatoms. The minimum absolute atomic E-state index is 0.272. The molecule has 0 fully saturated rings. The van der Waals surface area contributed by atoms with Crippen molar-refractivity contribution in [1.82, 2.24) is 9.97 Å². The second-order valence-corrected chi connectivity index (χ2v) is 3.36. The van der Waals surface area contributed by atoms with Crippen LogP contribution in [-0.4, -0.2) is 22.9 Å². The van der Waals surface area contributed by atoms with Gasteiger partial charge in [0.2, 0.25) is 0 Å². The Morgan fingerprint density at radius 2 is 1.88 bits per heavy atom. The van der Waals surface area contributed by atoms with Gasteiger partial charge in [0.05, 0.1) is 12.4 Å². The number of rotatable bonds is 3. The van der Waals surface area contributed by atoms with Crippen LogP contribution in [0.1, 0.15) is 10.5 Å². The molecule has 0 unspecified atom stereocenters. The van der Waals surface area contributed by atoms with E-state index >= 15 is 0 Å². The quantitative estimate of drug-likeness (QED) is 0.840. The molecule has 17 heavy (non-hydrogen) atoms. The fraction of sp³-hybridized carbons (Fsp3) is 0.0833. The number of amides is 1. The van der Waals surface area contributed by atoms with Crippen molar-refractivity contribution >= 4 is 17.4 Å². The average Bonchev–Trinajstić information content (AvgIpc) is 2.40. The Morgan fingerprint density at radius 3 is 2.47 bits per heavy atom. The first-order chi connectivity index (χ1) is 8.29. The SMILES string of the molecule is CNc1cnc(C(=O)Nc2ccccc2)cn1. The van der Waals surface area contributed by atoms with Crippen molar-refractivity contribution in [3.63, 3.8) is 0 Å². The lowest BCUT2D eigenvalue weighted by molar-refractivity contribution is 0.102. The first kappa shape index (κ1) is 11.1. The van der Waals surface area contributed by atoms with Crippen molar-refractivity contribution in [2.45, 2.75) is 0 Å². The van der Waals surface area contributed by atoms with E-state index in [4.69, 9.17) is 0 Å². The van der Waals surface area contributed by atoms with Gasteiger partial charge in [0.1, 0.15) is 11.5 Å². The van der Waals surface area contributed by atoms with Gasteiger partial charge in [0, 0.05) is 12.7 Å². The molecule has 0 aliphatic rings. The van der Waals surface area contributed by atoms with Crippen molar-refractivity contribution in [1.29, 1.82) is 0 Å². The molecular formula is C12H12N4O. The number of hydrogen-bond acceptors (Lipinski definition) is 4. The third-order valence-corrected chi connectivity index (χ3v) is 2.17. The maximum absolute atomic E-state index is 11.8. The highest BCUT2D eigenvalue weighted by atomic mass is 16.1. The molecule has 0 bridgehead atoms. The van der Waals surface area contributed by atoms with Crippen LogP contribution in [0, 0.1) is 0 Å². The van der Waals surface area contributed by atoms with Gasteiger partial charge in [-0.1, -0.05) is 18.2 Å². The summed E-state index contributed by atoms with van der Waals surface area (Å²) in [7, 11) is 1.74. The van der Waals surface area contributed by atoms with Crippen LogP contribution in [0.2, 0.25) is 0 Å². The molecular weight excluding hydrogens is 216 g/mol. The Hall–Kier alpha value is -2.43. The molecule has 2 rings (SSSR count). The number of carbonyl (C=O) groups is 1. The van der Waals surface area contributed by atoms with Crippen molar-refractivity contribution in [3.8, 4) is 0 Å². The Balaban J connectivity index is 2.09. The van der Waals surface area contributed by atoms with E-state index in [9.17, 15) is 4.79 Å². The van der Waals surface area contributed by atoms with Crippen molar-refractivity contribution < 1.29 is 4.79 Å². The van der Waals surface area contributed by atoms with E-state index in [0.717, 1.165) is 5.69 Å². The Morgan fingerprint density at radius 1 is 1.12 bits per heavy atom. The van der Waals surface area contributed by atoms with E-state index in [1.165, 1.54) is 12.4 Å². The number of anilines is 2. The molecule has 0 aliphatic carbocycles. The number of aromatic nitrogens is 2. The van der Waals surface area contributed by atoms with Crippen LogP contribution in [0.3, 0.4) is 0 Å². The Labute approximate surface area is 98.9 Å². The number of nitrogens with zero attached hydrogens (tertiary/aromatic N) is 2. The van der Waals surface area contributed by atoms with Gasteiger partial charge >= 0.3 is 0 Å². The summed E-state index contributed by atoms with van der Waals surface area (Å²) >= 11 is 0. The van der Waals surface area contributed by atoms with E-state index in [2.05, 4.69) is 20.6 Å². The van der Waals surface area contributed by atoms with Crippen LogP contribution in [0.5, 0.6) is 0 Å². The number of nitrogens with one attached hydrogen (secondary N) is 2. The van der Waals surface area contributed by atoms with Gasteiger partial charge in [0.25, 0.3) is 5.91 Å². The van der Waals surface area contributed by atoms with Crippen molar-refractivity contribution in [3.05, 3.63) is 48.4 Å². The van der Waals surface area contributed by atoms with Gasteiger partial charge in [-0.25, -0.2) is 9.97 Å². The molecule has 2 aromatic rings. The van der Waals surface area contributed by atoms with Crippen molar-refractivity contribution in [2.75, 3.05) is 17.7 Å². The number of hydrogen-bond donors (Lipinski definition) is 2. The van der Waals surface area contributed by atoms with Gasteiger partial charge < -0.3 is 10.6 Å². The van der Waals surface area contributed by atoms with Gasteiger partial charge in [-0.3, -0.25) is 4.79 Å². The lowest BCUT2D eigenvalue weighted by Crippen LogP contribution is -2.14. The summed E-state index contributed by atoms with van der Waals surface area (Å²) in [5.74, 6) is 0.354. The maximum Gasteiger partial charge on any atom is 0.275 e. The van der Waals surface area contributed by atoms with Crippen LogP contribution in [0.25, 0.3) is 0 Å². The largest absolute Gasteiger partial charge is 0.372 e. The highest BCUT2D eigenvalue weighted by molar-refractivity contribution is 6.02. The third-order valence-electron chi connectivity index (χ3n) is 2.17. The smallest absolute Gasteiger partial charge is 0.275 e. The summed E-state index contributed by atoms with van der Waals surface area (Å²) in [4.78, 5) is 19.8. The minimum Gasteiger partial charge on any atom is -0.372 e. The van der Waals surface area contributed by atoms with Gasteiger partial charge in [0.15, 0.2) is 0 Å². The maximum atomic E-state index is 11.8. The van der Waals surface area contributed by atoms with Crippen LogP contribution < -0.4 is 10.6 Å². The fourth-order valence-electron chi connectivity index (χ4n) is 1.29. The molecule has 0 radical (unpaired) electrons. The van der Waals surface area contributed by atoms with Gasteiger partial charge in [-0.15, -0.1) is 0 Å². The molecule has 0 saturated carbocycles. The molecule has 0 saturated heterocycles. The van der Waals surface area contributed by atoms with Gasteiger partial charge in [-0.2, -0.15) is 0 Å². The predicted octanol–water partition coefficient (Wildman–Crippen LogP) is 1.77. The second-order valence-electron chi connectivity index (χ2n) is 3.36. The normalized spacial score (nSPS) is 9.71. The highest BCUT2D eigenvalue weighted by Crippen LogP contribution is 2.07. The fourth-order valence-corrected chi connectivity index (χ4v) is 1.29. The predicted molar refractivity (Wildman–Crippen MR) is 66.0 cm³/mol. The zero-order valence-electron chi connectivity index (χ0n) is 9.34. The van der Waals surface area contributed by atoms with Crippen LogP contribution in [0.15, 0.2) is 42.7 Å². The summed E-state index contributed by atoms with van der Waals surface area (Å²) in [5, 5.41) is 5.57. The minimum atomic E-state index is -0.272. The van der Waals surface area contributed by atoms with Crippen LogP contribution >= 0.6 is 0 Å². The molecule has 2 N–H and O–H groups in total. The Bertz CT molecular complexity index is 496. The highest BCUT2D eigenvalue weighted by Gasteiger charge is 2.07. The molecule has 0 atom stereocenters. The molecule has 1 aromatic carbocycles. The molecule has 0 aliphatic heterocycles. The van der Waals surface area contributed by atoms with Crippen LogP contribution in [0.4, 0.5) is 11.5 Å². The summed E-state index contributed by atoms with van der Waals surface area (Å²) in [5.41, 5.74) is 1.02. The molecule has 5 nitrogen and oxygen atoms in total. The van der Waals surface area contributed by atoms with E-state index in [1.54, 1.807) is 7.05 Å². The lowest BCUT2D eigenvalue weighted by Gasteiger charge is -2.04. The van der Waals surface area contributed by atoms with E-state index < -0.39 is 0 Å². The third kappa shape index (κ3) is 2.78. The summed E-state index contributed by atoms with van der Waals surface area (Å²) < 4.78 is 0. The number of carbonyl (C=O) groups excluding carboxylic acids is 1. The summed E-state index contributed by atoms with van der Waals surface area (Å²) in [6.07, 6.45) is 2.95. The molecule has 86 valence electrons. The molecule has 1 amide bonds. The summed E-state index contributed by atoms with van der Waals surface area (Å²) in [6.45, 7) is 0. The van der Waals surface area contributed by atoms with Crippen molar-refractivity contribution in [2.24, 2.45) is 0 Å². The first-order valence-corrected chi connectivity index (χ1v) is 5.16. The molecule has 1 heterocycles. The lowest BCUT2D eigenvalue weighted by atomic mass is 10.3. The zero-order valence-corrected chi connectivity index (χ0v) is 9.34. The molecule has 0 spiro atoms. The number of benzene rings is 1. The summed E-state index contributed by atoms with van der Waals surface area (Å²) in [6, 6.07) is 9.22. The van der Waals surface area contributed by atoms with Gasteiger partial charge in [-0.05, 0) is 12.1 Å². The molecule has 1 aromatic heterocycles. The Kier molecular flexibility index (Phi) is 3.30. The van der Waals surface area contributed by atoms with E-state index in [0.29, 0.717) is 5.82 Å². The average molecular weight is 228 g/mol. The standard InChI is InChI=1S/C12H12N4O/c1-13-11-8-14-10(7-15-11)12(17)16-9-5-3-2-4-6-9/h2-8H,1H3,(H,13,15)(H,16,17). The monoisotopic (exact) mass is 228 g/mol. The number of para-hydroxylation sites is 1. The van der Waals surface area contributed by atoms with E-state index in [-0.39, 0.29) is 11.6 Å². The second kappa shape index (κ2) is 5.07.